The van der Waals surface area contributed by atoms with Gasteiger partial charge in [-0.3, -0.25) is 0 Å². The first-order valence-corrected chi connectivity index (χ1v) is 5.53. The third-order valence-corrected chi connectivity index (χ3v) is 5.05. The van der Waals surface area contributed by atoms with E-state index in [1.165, 1.54) is 19.3 Å². The van der Waals surface area contributed by atoms with Crippen LogP contribution in [0.1, 0.15) is 47.0 Å². The van der Waals surface area contributed by atoms with Crippen molar-refractivity contribution in [3.8, 4) is 0 Å². The van der Waals surface area contributed by atoms with Crippen molar-refractivity contribution in [3.05, 3.63) is 0 Å². The van der Waals surface area contributed by atoms with E-state index in [9.17, 15) is 0 Å². The van der Waals surface area contributed by atoms with E-state index in [0.717, 1.165) is 23.7 Å². The highest BCUT2D eigenvalue weighted by molar-refractivity contribution is 5.01. The fourth-order valence-corrected chi connectivity index (χ4v) is 3.56. The minimum atomic E-state index is 0.671. The van der Waals surface area contributed by atoms with Crippen LogP contribution in [-0.4, -0.2) is 0 Å². The van der Waals surface area contributed by atoms with E-state index in [1.54, 1.807) is 0 Å². The summed E-state index contributed by atoms with van der Waals surface area (Å²) in [4.78, 5) is 0. The van der Waals surface area contributed by atoms with Gasteiger partial charge in [-0.2, -0.15) is 0 Å². The van der Waals surface area contributed by atoms with E-state index < -0.39 is 0 Å². The zero-order chi connectivity index (χ0) is 8.93. The number of hydrogen-bond acceptors (Lipinski definition) is 0. The largest absolute Gasteiger partial charge is 0.0622 e. The van der Waals surface area contributed by atoms with Gasteiger partial charge in [0.15, 0.2) is 0 Å². The Morgan fingerprint density at radius 1 is 1.08 bits per heavy atom. The van der Waals surface area contributed by atoms with Crippen molar-refractivity contribution >= 4 is 0 Å². The molecule has 3 rings (SSSR count). The van der Waals surface area contributed by atoms with Gasteiger partial charge in [-0.25, -0.2) is 0 Å². The molecule has 0 N–H and O–H groups in total. The normalized spacial score (nSPS) is 51.0. The molecule has 0 aliphatic heterocycles. The van der Waals surface area contributed by atoms with Crippen molar-refractivity contribution in [2.45, 2.75) is 47.0 Å². The van der Waals surface area contributed by atoms with Crippen LogP contribution in [0.5, 0.6) is 0 Å². The van der Waals surface area contributed by atoms with Crippen LogP contribution in [0.25, 0.3) is 0 Å². The lowest BCUT2D eigenvalue weighted by Crippen LogP contribution is -2.46. The molecule has 3 saturated carbocycles. The van der Waals surface area contributed by atoms with E-state index >= 15 is 0 Å². The maximum Gasteiger partial charge on any atom is -0.0295 e. The van der Waals surface area contributed by atoms with Crippen molar-refractivity contribution in [1.82, 2.24) is 0 Å². The first kappa shape index (κ1) is 8.59. The van der Waals surface area contributed by atoms with Gasteiger partial charge in [0.05, 0.1) is 0 Å². The van der Waals surface area contributed by atoms with Crippen LogP contribution < -0.4 is 0 Å². The summed E-state index contributed by atoms with van der Waals surface area (Å²) in [6, 6.07) is 0. The first-order valence-electron chi connectivity index (χ1n) is 5.53. The lowest BCUT2D eigenvalue weighted by atomic mass is 9.52. The molecule has 70 valence electrons. The van der Waals surface area contributed by atoms with Crippen LogP contribution in [0.2, 0.25) is 0 Å². The number of rotatable bonds is 0. The standard InChI is InChI=1S/C12H22/c1-8-5-6-10-7-11(9(8)2)12(10,3)4/h8-11H,5-7H2,1-4H3. The van der Waals surface area contributed by atoms with Crippen LogP contribution in [0.4, 0.5) is 0 Å². The zero-order valence-electron chi connectivity index (χ0n) is 8.93. The van der Waals surface area contributed by atoms with E-state index in [4.69, 9.17) is 0 Å². The SMILES string of the molecule is CC1CCC2CC(C1C)C2(C)C. The monoisotopic (exact) mass is 166 g/mol. The molecule has 3 fully saturated rings. The van der Waals surface area contributed by atoms with Gasteiger partial charge in [0.1, 0.15) is 0 Å². The van der Waals surface area contributed by atoms with E-state index in [2.05, 4.69) is 27.7 Å². The quantitative estimate of drug-likeness (QED) is 0.514. The number of fused-ring (bicyclic) bond motifs is 3. The minimum absolute atomic E-state index is 0.671. The Morgan fingerprint density at radius 3 is 2.33 bits per heavy atom. The Morgan fingerprint density at radius 2 is 1.75 bits per heavy atom. The van der Waals surface area contributed by atoms with Crippen molar-refractivity contribution in [2.75, 3.05) is 0 Å². The molecule has 0 aromatic rings. The van der Waals surface area contributed by atoms with Crippen molar-refractivity contribution in [1.29, 1.82) is 0 Å². The predicted molar refractivity (Wildman–Crippen MR) is 52.9 cm³/mol. The molecule has 12 heavy (non-hydrogen) atoms. The lowest BCUT2D eigenvalue weighted by Gasteiger charge is -2.53. The predicted octanol–water partition coefficient (Wildman–Crippen LogP) is 3.71. The Kier molecular flexibility index (Phi) is 1.79. The summed E-state index contributed by atoms with van der Waals surface area (Å²) in [6.45, 7) is 9.89. The molecule has 3 aliphatic carbocycles. The molecule has 0 nitrogen and oxygen atoms in total. The topological polar surface area (TPSA) is 0 Å². The maximum atomic E-state index is 2.49. The van der Waals surface area contributed by atoms with Crippen molar-refractivity contribution in [3.63, 3.8) is 0 Å². The molecule has 2 bridgehead atoms. The van der Waals surface area contributed by atoms with Crippen molar-refractivity contribution < 1.29 is 0 Å². The van der Waals surface area contributed by atoms with Crippen molar-refractivity contribution in [2.24, 2.45) is 29.1 Å². The smallest absolute Gasteiger partial charge is 0.0295 e. The Hall–Kier alpha value is 0. The van der Waals surface area contributed by atoms with E-state index in [-0.39, 0.29) is 0 Å². The van der Waals surface area contributed by atoms with Gasteiger partial charge in [0.25, 0.3) is 0 Å². The molecular formula is C12H22. The molecule has 0 heterocycles. The first-order chi connectivity index (χ1) is 5.53. The minimum Gasteiger partial charge on any atom is -0.0622 e. The summed E-state index contributed by atoms with van der Waals surface area (Å²) in [6.07, 6.45) is 4.50. The fraction of sp³-hybridized carbons (Fsp3) is 1.00. The van der Waals surface area contributed by atoms with Gasteiger partial charge in [-0.05, 0) is 41.9 Å². The Bertz CT molecular complexity index is 178. The van der Waals surface area contributed by atoms with Crippen LogP contribution >= 0.6 is 0 Å². The molecular weight excluding hydrogens is 144 g/mol. The Labute approximate surface area is 76.7 Å². The number of hydrogen-bond donors (Lipinski definition) is 0. The molecule has 0 heteroatoms. The van der Waals surface area contributed by atoms with Gasteiger partial charge in [-0.1, -0.05) is 34.1 Å². The Balaban J connectivity index is 2.19. The average Bonchev–Trinajstić information content (AvgIpc) is 2.18. The summed E-state index contributed by atoms with van der Waals surface area (Å²) >= 11 is 0. The molecule has 0 spiro atoms. The molecule has 0 radical (unpaired) electrons. The highest BCUT2D eigenvalue weighted by Gasteiger charge is 2.52. The molecule has 3 aliphatic rings. The summed E-state index contributed by atoms with van der Waals surface area (Å²) < 4.78 is 0. The van der Waals surface area contributed by atoms with Crippen LogP contribution in [0, 0.1) is 29.1 Å². The van der Waals surface area contributed by atoms with Gasteiger partial charge in [-0.15, -0.1) is 0 Å². The zero-order valence-corrected chi connectivity index (χ0v) is 8.93. The maximum absolute atomic E-state index is 2.49. The van der Waals surface area contributed by atoms with Gasteiger partial charge >= 0.3 is 0 Å². The molecule has 0 aromatic carbocycles. The second-order valence-corrected chi connectivity index (χ2v) is 5.77. The molecule has 0 amide bonds. The summed E-state index contributed by atoms with van der Waals surface area (Å²) in [5.74, 6) is 4.02. The van der Waals surface area contributed by atoms with Gasteiger partial charge in [0, 0.05) is 0 Å². The third kappa shape index (κ3) is 0.963. The second kappa shape index (κ2) is 2.49. The lowest BCUT2D eigenvalue weighted by molar-refractivity contribution is -0.0448. The fourth-order valence-electron chi connectivity index (χ4n) is 3.56. The average molecular weight is 166 g/mol. The van der Waals surface area contributed by atoms with Crippen LogP contribution in [0.15, 0.2) is 0 Å². The van der Waals surface area contributed by atoms with Gasteiger partial charge < -0.3 is 0 Å². The highest BCUT2D eigenvalue weighted by atomic mass is 14.6. The molecule has 4 unspecified atom stereocenters. The van der Waals surface area contributed by atoms with E-state index in [1.807, 2.05) is 0 Å². The summed E-state index contributed by atoms with van der Waals surface area (Å²) in [5.41, 5.74) is 0.671. The molecule has 0 saturated heterocycles. The molecule has 0 aromatic heterocycles. The molecule has 4 atom stereocenters. The third-order valence-electron chi connectivity index (χ3n) is 5.05. The highest BCUT2D eigenvalue weighted by Crippen LogP contribution is 2.60. The van der Waals surface area contributed by atoms with Crippen LogP contribution in [-0.2, 0) is 0 Å². The second-order valence-electron chi connectivity index (χ2n) is 5.77. The summed E-state index contributed by atoms with van der Waals surface area (Å²) in [7, 11) is 0. The summed E-state index contributed by atoms with van der Waals surface area (Å²) in [5, 5.41) is 0. The van der Waals surface area contributed by atoms with Gasteiger partial charge in [0.2, 0.25) is 0 Å². The van der Waals surface area contributed by atoms with Crippen LogP contribution in [0.3, 0.4) is 0 Å². The van der Waals surface area contributed by atoms with E-state index in [0.29, 0.717) is 5.41 Å².